The number of hydrogen-bond acceptors (Lipinski definition) is 5. The van der Waals surface area contributed by atoms with E-state index < -0.39 is 27.3 Å². The average molecular weight is 523 g/mol. The van der Waals surface area contributed by atoms with Gasteiger partial charge in [-0.25, -0.2) is 17.5 Å². The number of methoxy groups -OCH3 is 1. The Hall–Kier alpha value is -3.09. The number of sulfonamides is 1. The van der Waals surface area contributed by atoms with Gasteiger partial charge in [0.15, 0.2) is 0 Å². The molecule has 0 spiro atoms. The molecule has 1 aliphatic carbocycles. The van der Waals surface area contributed by atoms with E-state index in [-0.39, 0.29) is 30.4 Å². The summed E-state index contributed by atoms with van der Waals surface area (Å²) < 4.78 is 87.2. The van der Waals surface area contributed by atoms with Crippen LogP contribution in [0.2, 0.25) is 0 Å². The Labute approximate surface area is 205 Å². The number of fused-ring (bicyclic) bond motifs is 2. The third kappa shape index (κ3) is 4.22. The molecule has 190 valence electrons. The molecule has 36 heavy (non-hydrogen) atoms. The van der Waals surface area contributed by atoms with Gasteiger partial charge in [0.1, 0.15) is 16.4 Å². The molecule has 2 aliphatic rings. The summed E-state index contributed by atoms with van der Waals surface area (Å²) in [5.41, 5.74) is 1.60. The first-order chi connectivity index (χ1) is 17.0. The lowest BCUT2D eigenvalue weighted by Gasteiger charge is -2.45. The first-order valence-electron chi connectivity index (χ1n) is 11.1. The number of pyridine rings is 1. The third-order valence-electron chi connectivity index (χ3n) is 6.67. The first-order valence-corrected chi connectivity index (χ1v) is 12.5. The molecule has 1 fully saturated rings. The molecule has 2 aromatic heterocycles. The van der Waals surface area contributed by atoms with Crippen molar-refractivity contribution in [2.75, 3.05) is 26.8 Å². The van der Waals surface area contributed by atoms with Crippen molar-refractivity contribution in [1.82, 2.24) is 19.1 Å². The maximum atomic E-state index is 13.4. The van der Waals surface area contributed by atoms with Crippen LogP contribution in [0, 0.1) is 11.2 Å². The first kappa shape index (κ1) is 24.6. The number of nitrogens with zero attached hydrogens (tertiary/aromatic N) is 4. The van der Waals surface area contributed by atoms with Crippen molar-refractivity contribution < 1.29 is 30.7 Å². The van der Waals surface area contributed by atoms with Crippen LogP contribution in [0.25, 0.3) is 11.8 Å². The topological polar surface area (TPSA) is 77.3 Å². The molecule has 3 heterocycles. The van der Waals surface area contributed by atoms with Gasteiger partial charge in [0, 0.05) is 31.8 Å². The molecule has 12 heteroatoms. The SMILES string of the molecule is COC[C@]12Cc3cnn(-c4ccc(F)cc4)c3C=C1CCN(S(=O)(=O)c1ccc(C(F)(F)F)nc1)C2. The van der Waals surface area contributed by atoms with Crippen molar-refractivity contribution in [3.63, 3.8) is 0 Å². The van der Waals surface area contributed by atoms with E-state index in [2.05, 4.69) is 10.1 Å². The van der Waals surface area contributed by atoms with Gasteiger partial charge in [-0.05, 0) is 60.9 Å². The lowest BCUT2D eigenvalue weighted by Crippen LogP contribution is -2.51. The maximum Gasteiger partial charge on any atom is 0.433 e. The minimum absolute atomic E-state index is 0.0944. The fourth-order valence-corrected chi connectivity index (χ4v) is 6.42. The molecule has 1 aliphatic heterocycles. The zero-order valence-corrected chi connectivity index (χ0v) is 20.0. The van der Waals surface area contributed by atoms with Crippen molar-refractivity contribution in [3.05, 3.63) is 77.1 Å². The molecule has 1 saturated heterocycles. The van der Waals surface area contributed by atoms with Crippen LogP contribution in [0.1, 0.15) is 23.4 Å². The third-order valence-corrected chi connectivity index (χ3v) is 8.50. The summed E-state index contributed by atoms with van der Waals surface area (Å²) in [6.07, 6.45) is 0.644. The standard InChI is InChI=1S/C24H22F4N4O3S/c1-35-15-23-11-16-12-30-32(19-4-2-18(25)3-5-19)21(16)10-17(23)8-9-31(14-23)36(33,34)20-6-7-22(29-13-20)24(26,27)28/h2-7,10,12-13H,8-9,11,14-15H2,1H3/t23-/m1/s1. The van der Waals surface area contributed by atoms with Crippen LogP contribution in [0.4, 0.5) is 17.6 Å². The highest BCUT2D eigenvalue weighted by Crippen LogP contribution is 2.45. The Morgan fingerprint density at radius 2 is 1.86 bits per heavy atom. The zero-order valence-electron chi connectivity index (χ0n) is 19.2. The van der Waals surface area contributed by atoms with E-state index in [9.17, 15) is 26.0 Å². The summed E-state index contributed by atoms with van der Waals surface area (Å²) in [5, 5.41) is 4.47. The van der Waals surface area contributed by atoms with Crippen molar-refractivity contribution in [1.29, 1.82) is 0 Å². The number of aromatic nitrogens is 3. The van der Waals surface area contributed by atoms with Crippen LogP contribution in [0.15, 0.2) is 59.3 Å². The lowest BCUT2D eigenvalue weighted by molar-refractivity contribution is -0.141. The molecule has 1 aromatic carbocycles. The normalized spacial score (nSPS) is 20.5. The highest BCUT2D eigenvalue weighted by Gasteiger charge is 2.46. The Morgan fingerprint density at radius 3 is 2.50 bits per heavy atom. The van der Waals surface area contributed by atoms with Gasteiger partial charge >= 0.3 is 6.18 Å². The van der Waals surface area contributed by atoms with Gasteiger partial charge in [0.05, 0.1) is 24.2 Å². The highest BCUT2D eigenvalue weighted by molar-refractivity contribution is 7.89. The average Bonchev–Trinajstić information content (AvgIpc) is 3.24. The Balaban J connectivity index is 1.47. The molecule has 5 rings (SSSR count). The number of alkyl halides is 3. The van der Waals surface area contributed by atoms with E-state index in [1.807, 2.05) is 6.08 Å². The number of rotatable bonds is 5. The predicted octanol–water partition coefficient (Wildman–Crippen LogP) is 4.09. The molecular weight excluding hydrogens is 500 g/mol. The lowest BCUT2D eigenvalue weighted by atomic mass is 9.69. The van der Waals surface area contributed by atoms with Crippen LogP contribution in [0.5, 0.6) is 0 Å². The molecule has 0 amide bonds. The van der Waals surface area contributed by atoms with Gasteiger partial charge in [-0.3, -0.25) is 4.98 Å². The molecule has 0 unspecified atom stereocenters. The summed E-state index contributed by atoms with van der Waals surface area (Å²) in [4.78, 5) is 3.02. The van der Waals surface area contributed by atoms with Gasteiger partial charge < -0.3 is 4.74 Å². The molecule has 3 aromatic rings. The van der Waals surface area contributed by atoms with Gasteiger partial charge in [0.2, 0.25) is 10.0 Å². The van der Waals surface area contributed by atoms with Crippen LogP contribution in [0.3, 0.4) is 0 Å². The fraction of sp³-hybridized carbons (Fsp3) is 0.333. The number of halogens is 4. The van der Waals surface area contributed by atoms with Crippen LogP contribution >= 0.6 is 0 Å². The molecule has 0 saturated carbocycles. The predicted molar refractivity (Wildman–Crippen MR) is 122 cm³/mol. The van der Waals surface area contributed by atoms with Crippen LogP contribution in [-0.4, -0.2) is 54.3 Å². The second-order valence-electron chi connectivity index (χ2n) is 8.97. The molecule has 0 radical (unpaired) electrons. The van der Waals surface area contributed by atoms with Crippen molar-refractivity contribution in [3.8, 4) is 5.69 Å². The summed E-state index contributed by atoms with van der Waals surface area (Å²) in [6, 6.07) is 7.58. The van der Waals surface area contributed by atoms with Gasteiger partial charge in [-0.15, -0.1) is 0 Å². The smallest absolute Gasteiger partial charge is 0.384 e. The highest BCUT2D eigenvalue weighted by atomic mass is 32.2. The summed E-state index contributed by atoms with van der Waals surface area (Å²) >= 11 is 0. The van der Waals surface area contributed by atoms with Crippen molar-refractivity contribution in [2.45, 2.75) is 23.9 Å². The van der Waals surface area contributed by atoms with Gasteiger partial charge in [0.25, 0.3) is 0 Å². The van der Waals surface area contributed by atoms with E-state index >= 15 is 0 Å². The molecule has 0 N–H and O–H groups in total. The minimum Gasteiger partial charge on any atom is -0.384 e. The van der Waals surface area contributed by atoms with Gasteiger partial charge in [-0.1, -0.05) is 5.57 Å². The fourth-order valence-electron chi connectivity index (χ4n) is 4.94. The second kappa shape index (κ2) is 8.79. The van der Waals surface area contributed by atoms with Crippen LogP contribution < -0.4 is 0 Å². The number of piperidine rings is 1. The number of benzene rings is 1. The number of ether oxygens (including phenoxy) is 1. The Bertz CT molecular complexity index is 1420. The van der Waals surface area contributed by atoms with E-state index in [1.54, 1.807) is 23.0 Å². The summed E-state index contributed by atoms with van der Waals surface area (Å²) in [5.74, 6) is -0.353. The molecular formula is C24H22F4N4O3S. The van der Waals surface area contributed by atoms with E-state index in [0.717, 1.165) is 29.1 Å². The zero-order chi connectivity index (χ0) is 25.7. The summed E-state index contributed by atoms with van der Waals surface area (Å²) in [7, 11) is -2.55. The molecule has 1 atom stereocenters. The van der Waals surface area contributed by atoms with E-state index in [4.69, 9.17) is 4.74 Å². The quantitative estimate of drug-likeness (QED) is 0.472. The number of hydrogen-bond donors (Lipinski definition) is 0. The van der Waals surface area contributed by atoms with E-state index in [0.29, 0.717) is 24.6 Å². The minimum atomic E-state index is -4.66. The summed E-state index contributed by atoms with van der Waals surface area (Å²) in [6.45, 7) is 0.495. The second-order valence-corrected chi connectivity index (χ2v) is 10.9. The van der Waals surface area contributed by atoms with E-state index in [1.165, 1.54) is 23.5 Å². The Kier molecular flexibility index (Phi) is 6.00. The molecule has 7 nitrogen and oxygen atoms in total. The van der Waals surface area contributed by atoms with Crippen molar-refractivity contribution >= 4 is 16.1 Å². The van der Waals surface area contributed by atoms with Gasteiger partial charge in [-0.2, -0.15) is 22.6 Å². The largest absolute Gasteiger partial charge is 0.433 e. The van der Waals surface area contributed by atoms with Crippen LogP contribution in [-0.2, 0) is 27.4 Å². The molecule has 0 bridgehead atoms. The van der Waals surface area contributed by atoms with Crippen molar-refractivity contribution in [2.24, 2.45) is 5.41 Å². The Morgan fingerprint density at radius 1 is 1.11 bits per heavy atom. The maximum absolute atomic E-state index is 13.4. The monoisotopic (exact) mass is 522 g/mol.